The van der Waals surface area contributed by atoms with Crippen LogP contribution in [0.2, 0.25) is 0 Å². The van der Waals surface area contributed by atoms with E-state index in [0.29, 0.717) is 6.54 Å². The lowest BCUT2D eigenvalue weighted by atomic mass is 9.96. The van der Waals surface area contributed by atoms with Crippen molar-refractivity contribution in [1.82, 2.24) is 15.1 Å². The first kappa shape index (κ1) is 17.1. The summed E-state index contributed by atoms with van der Waals surface area (Å²) in [5.41, 5.74) is 0. The number of carbonyl (C=O) groups is 2. The maximum Gasteiger partial charge on any atom is 0.317 e. The van der Waals surface area contributed by atoms with Crippen LogP contribution in [0.3, 0.4) is 0 Å². The van der Waals surface area contributed by atoms with Crippen molar-refractivity contribution in [2.24, 2.45) is 11.8 Å². The Morgan fingerprint density at radius 3 is 2.41 bits per heavy atom. The topological polar surface area (TPSA) is 52.7 Å². The first-order valence-electron chi connectivity index (χ1n) is 8.81. The zero-order valence-electron chi connectivity index (χ0n) is 14.3. The molecule has 0 unspecified atom stereocenters. The van der Waals surface area contributed by atoms with Gasteiger partial charge in [-0.05, 0) is 51.9 Å². The first-order valence-corrected chi connectivity index (χ1v) is 8.81. The molecule has 126 valence electrons. The van der Waals surface area contributed by atoms with Gasteiger partial charge in [0.05, 0.1) is 5.92 Å². The zero-order valence-corrected chi connectivity index (χ0v) is 14.3. The van der Waals surface area contributed by atoms with Gasteiger partial charge in [0.15, 0.2) is 0 Å². The Bertz CT molecular complexity index is 397. The third-order valence-corrected chi connectivity index (χ3v) is 4.80. The number of hydrogen-bond donors (Lipinski definition) is 1. The van der Waals surface area contributed by atoms with Crippen LogP contribution in [0.5, 0.6) is 0 Å². The molecule has 0 bridgehead atoms. The molecule has 0 aliphatic carbocycles. The second-order valence-electron chi connectivity index (χ2n) is 7.25. The summed E-state index contributed by atoms with van der Waals surface area (Å²) in [5, 5.41) is 2.93. The summed E-state index contributed by atoms with van der Waals surface area (Å²) in [4.78, 5) is 28.8. The summed E-state index contributed by atoms with van der Waals surface area (Å²) in [5.74, 6) is 0.966. The molecule has 5 heteroatoms. The summed E-state index contributed by atoms with van der Waals surface area (Å²) in [6.45, 7) is 9.30. The van der Waals surface area contributed by atoms with Crippen LogP contribution < -0.4 is 5.32 Å². The summed E-state index contributed by atoms with van der Waals surface area (Å²) < 4.78 is 0. The number of nitrogens with zero attached hydrogens (tertiary/aromatic N) is 2. The van der Waals surface area contributed by atoms with Gasteiger partial charge in [-0.3, -0.25) is 4.79 Å². The lowest BCUT2D eigenvalue weighted by Gasteiger charge is -2.35. The summed E-state index contributed by atoms with van der Waals surface area (Å²) >= 11 is 0. The third kappa shape index (κ3) is 4.62. The molecule has 3 amide bonds. The van der Waals surface area contributed by atoms with Crippen LogP contribution in [0.25, 0.3) is 0 Å². The molecule has 2 atom stereocenters. The highest BCUT2D eigenvalue weighted by Gasteiger charge is 2.31. The van der Waals surface area contributed by atoms with Crippen molar-refractivity contribution in [3.63, 3.8) is 0 Å². The standard InChI is InChI=1S/C17H31N3O2/c1-13(2)18-17(22)20-10-5-7-15(12-20)16(21)19-9-4-6-14(3)8-11-19/h13-15H,4-12H2,1-3H3,(H,18,22)/t14-,15+/m1/s1. The van der Waals surface area contributed by atoms with Gasteiger partial charge < -0.3 is 15.1 Å². The molecule has 0 aromatic carbocycles. The Hall–Kier alpha value is -1.26. The van der Waals surface area contributed by atoms with Crippen LogP contribution in [0.4, 0.5) is 4.79 Å². The molecule has 2 saturated heterocycles. The van der Waals surface area contributed by atoms with Gasteiger partial charge in [0.1, 0.15) is 0 Å². The SMILES string of the molecule is CC(C)NC(=O)N1CCC[C@H](C(=O)N2CCC[C@@H](C)CC2)C1. The van der Waals surface area contributed by atoms with E-state index in [1.165, 1.54) is 6.42 Å². The van der Waals surface area contributed by atoms with Crippen LogP contribution in [0.1, 0.15) is 52.9 Å². The van der Waals surface area contributed by atoms with E-state index >= 15 is 0 Å². The highest BCUT2D eigenvalue weighted by molar-refractivity contribution is 5.81. The monoisotopic (exact) mass is 309 g/mol. The minimum Gasteiger partial charge on any atom is -0.342 e. The largest absolute Gasteiger partial charge is 0.342 e. The van der Waals surface area contributed by atoms with Crippen LogP contribution in [-0.4, -0.2) is 54.0 Å². The maximum atomic E-state index is 12.8. The Labute approximate surface area is 134 Å². The van der Waals surface area contributed by atoms with E-state index in [0.717, 1.165) is 51.2 Å². The van der Waals surface area contributed by atoms with Crippen LogP contribution >= 0.6 is 0 Å². The third-order valence-electron chi connectivity index (χ3n) is 4.80. The van der Waals surface area contributed by atoms with Crippen molar-refractivity contribution in [2.45, 2.75) is 58.9 Å². The minimum atomic E-state index is -0.0306. The van der Waals surface area contributed by atoms with Crippen LogP contribution in [-0.2, 0) is 4.79 Å². The Morgan fingerprint density at radius 1 is 1.00 bits per heavy atom. The van der Waals surface area contributed by atoms with Crippen LogP contribution in [0, 0.1) is 11.8 Å². The summed E-state index contributed by atoms with van der Waals surface area (Å²) in [6.07, 6.45) is 5.27. The van der Waals surface area contributed by atoms with Crippen molar-refractivity contribution in [3.05, 3.63) is 0 Å². The van der Waals surface area contributed by atoms with E-state index in [-0.39, 0.29) is 23.9 Å². The molecule has 2 aliphatic rings. The molecule has 2 aliphatic heterocycles. The van der Waals surface area contributed by atoms with Crippen molar-refractivity contribution in [2.75, 3.05) is 26.2 Å². The van der Waals surface area contributed by atoms with E-state index in [9.17, 15) is 9.59 Å². The minimum absolute atomic E-state index is 0.0138. The van der Waals surface area contributed by atoms with E-state index in [1.807, 2.05) is 23.6 Å². The van der Waals surface area contributed by atoms with Crippen molar-refractivity contribution in [3.8, 4) is 0 Å². The molecule has 1 N–H and O–H groups in total. The number of piperidine rings is 1. The number of rotatable bonds is 2. The average Bonchev–Trinajstić information content (AvgIpc) is 2.70. The predicted octanol–water partition coefficient (Wildman–Crippen LogP) is 2.46. The van der Waals surface area contributed by atoms with E-state index in [1.54, 1.807) is 0 Å². The van der Waals surface area contributed by atoms with Gasteiger partial charge in [0, 0.05) is 32.2 Å². The molecule has 5 nitrogen and oxygen atoms in total. The number of nitrogens with one attached hydrogen (secondary N) is 1. The Kier molecular flexibility index (Phi) is 6.09. The highest BCUT2D eigenvalue weighted by Crippen LogP contribution is 2.22. The van der Waals surface area contributed by atoms with Crippen LogP contribution in [0.15, 0.2) is 0 Å². The van der Waals surface area contributed by atoms with Crippen molar-refractivity contribution in [1.29, 1.82) is 0 Å². The first-order chi connectivity index (χ1) is 10.5. The molecule has 0 aromatic rings. The fraction of sp³-hybridized carbons (Fsp3) is 0.882. The Balaban J connectivity index is 1.90. The molecule has 0 saturated carbocycles. The van der Waals surface area contributed by atoms with E-state index in [4.69, 9.17) is 0 Å². The van der Waals surface area contributed by atoms with E-state index in [2.05, 4.69) is 12.2 Å². The second-order valence-corrected chi connectivity index (χ2v) is 7.25. The fourth-order valence-corrected chi connectivity index (χ4v) is 3.44. The average molecular weight is 309 g/mol. The molecular weight excluding hydrogens is 278 g/mol. The van der Waals surface area contributed by atoms with Gasteiger partial charge >= 0.3 is 6.03 Å². The lowest BCUT2D eigenvalue weighted by Crippen LogP contribution is -2.50. The molecule has 0 aromatic heterocycles. The predicted molar refractivity (Wildman–Crippen MR) is 87.6 cm³/mol. The number of hydrogen-bond acceptors (Lipinski definition) is 2. The molecule has 0 radical (unpaired) electrons. The van der Waals surface area contributed by atoms with Crippen molar-refractivity contribution >= 4 is 11.9 Å². The van der Waals surface area contributed by atoms with Gasteiger partial charge in [-0.2, -0.15) is 0 Å². The maximum absolute atomic E-state index is 12.8. The Morgan fingerprint density at radius 2 is 1.68 bits per heavy atom. The second kappa shape index (κ2) is 7.84. The van der Waals surface area contributed by atoms with Gasteiger partial charge in [0.2, 0.25) is 5.91 Å². The number of amides is 3. The number of likely N-dealkylation sites (tertiary alicyclic amines) is 2. The number of urea groups is 1. The molecule has 0 spiro atoms. The summed E-state index contributed by atoms with van der Waals surface area (Å²) in [6, 6.07) is 0.104. The smallest absolute Gasteiger partial charge is 0.317 e. The molecular formula is C17H31N3O2. The van der Waals surface area contributed by atoms with Gasteiger partial charge in [0.25, 0.3) is 0 Å². The molecule has 22 heavy (non-hydrogen) atoms. The highest BCUT2D eigenvalue weighted by atomic mass is 16.2. The van der Waals surface area contributed by atoms with Gasteiger partial charge in [-0.25, -0.2) is 4.79 Å². The van der Waals surface area contributed by atoms with Gasteiger partial charge in [-0.1, -0.05) is 6.92 Å². The van der Waals surface area contributed by atoms with Crippen molar-refractivity contribution < 1.29 is 9.59 Å². The molecule has 2 fully saturated rings. The quantitative estimate of drug-likeness (QED) is 0.852. The zero-order chi connectivity index (χ0) is 16.1. The molecule has 2 rings (SSSR count). The number of carbonyl (C=O) groups excluding carboxylic acids is 2. The fourth-order valence-electron chi connectivity index (χ4n) is 3.44. The normalized spacial score (nSPS) is 26.7. The summed E-state index contributed by atoms with van der Waals surface area (Å²) in [7, 11) is 0. The lowest BCUT2D eigenvalue weighted by molar-refractivity contribution is -0.136. The van der Waals surface area contributed by atoms with E-state index < -0.39 is 0 Å². The van der Waals surface area contributed by atoms with Gasteiger partial charge in [-0.15, -0.1) is 0 Å². The molecule has 2 heterocycles.